The highest BCUT2D eigenvalue weighted by molar-refractivity contribution is 6.30. The lowest BCUT2D eigenvalue weighted by Crippen LogP contribution is -2.45. The van der Waals surface area contributed by atoms with Crippen LogP contribution in [-0.4, -0.2) is 32.8 Å². The van der Waals surface area contributed by atoms with E-state index in [0.29, 0.717) is 10.8 Å². The zero-order valence-corrected chi connectivity index (χ0v) is 14.5. The number of carbonyl (C=O) groups excluding carboxylic acids is 1. The van der Waals surface area contributed by atoms with Crippen molar-refractivity contribution >= 4 is 23.3 Å². The Morgan fingerprint density at radius 1 is 1.26 bits per heavy atom. The van der Waals surface area contributed by atoms with Crippen molar-refractivity contribution in [2.75, 3.05) is 5.32 Å². The predicted octanol–water partition coefficient (Wildman–Crippen LogP) is 2.81. The average molecular weight is 336 g/mol. The van der Waals surface area contributed by atoms with Gasteiger partial charge in [0.25, 0.3) is 0 Å². The highest BCUT2D eigenvalue weighted by atomic mass is 35.5. The summed E-state index contributed by atoms with van der Waals surface area (Å²) in [5.74, 6) is 0.340. The van der Waals surface area contributed by atoms with Crippen LogP contribution in [0.1, 0.15) is 32.4 Å². The molecule has 0 aliphatic carbocycles. The lowest BCUT2D eigenvalue weighted by Gasteiger charge is -2.25. The summed E-state index contributed by atoms with van der Waals surface area (Å²) in [6, 6.07) is 3.21. The molecule has 0 spiro atoms. The first-order chi connectivity index (χ1) is 10.9. The van der Waals surface area contributed by atoms with E-state index in [9.17, 15) is 4.79 Å². The molecular formula is C16H22ClN5O. The molecule has 0 aliphatic heterocycles. The first-order valence-corrected chi connectivity index (χ1v) is 7.94. The van der Waals surface area contributed by atoms with Gasteiger partial charge >= 0.3 is 0 Å². The number of nitrogens with one attached hydrogen (secondary N) is 2. The molecule has 2 heterocycles. The van der Waals surface area contributed by atoms with Crippen molar-refractivity contribution in [2.45, 2.75) is 45.8 Å². The largest absolute Gasteiger partial charge is 0.309 e. The molecule has 3 atom stereocenters. The third-order valence-electron chi connectivity index (χ3n) is 3.76. The number of amides is 1. The fraction of sp³-hybridized carbons (Fsp3) is 0.438. The second kappa shape index (κ2) is 7.57. The fourth-order valence-corrected chi connectivity index (χ4v) is 2.29. The van der Waals surface area contributed by atoms with E-state index >= 15 is 0 Å². The molecule has 0 radical (unpaired) electrons. The lowest BCUT2D eigenvalue weighted by molar-refractivity contribution is -0.118. The smallest absolute Gasteiger partial charge is 0.242 e. The van der Waals surface area contributed by atoms with Crippen LogP contribution in [0.25, 0.3) is 0 Å². The molecule has 2 rings (SSSR count). The molecule has 23 heavy (non-hydrogen) atoms. The number of rotatable bonds is 6. The lowest BCUT2D eigenvalue weighted by atomic mass is 10.1. The normalized spacial score (nSPS) is 15.0. The number of aromatic nitrogens is 3. The number of carbonyl (C=O) groups is 1. The van der Waals surface area contributed by atoms with E-state index in [2.05, 4.69) is 27.6 Å². The Kier molecular flexibility index (Phi) is 5.74. The number of hydrogen-bond donors (Lipinski definition) is 2. The minimum absolute atomic E-state index is 0.0771. The number of anilines is 1. The molecule has 2 N–H and O–H groups in total. The van der Waals surface area contributed by atoms with Crippen LogP contribution in [0.5, 0.6) is 0 Å². The summed E-state index contributed by atoms with van der Waals surface area (Å²) in [4.78, 5) is 16.3. The standard InChI is InChI=1S/C16H22ClN5O/c1-10-7-19-22(9-10)13(4)11(2)20-12(3)16(23)21-15-6-5-14(17)8-18-15/h5-9,11-13,20H,1-4H3,(H,18,21,23). The van der Waals surface area contributed by atoms with E-state index in [4.69, 9.17) is 11.6 Å². The van der Waals surface area contributed by atoms with Crippen LogP contribution in [0.15, 0.2) is 30.7 Å². The molecule has 0 saturated carbocycles. The predicted molar refractivity (Wildman–Crippen MR) is 91.6 cm³/mol. The second-order valence-electron chi connectivity index (χ2n) is 5.77. The van der Waals surface area contributed by atoms with Gasteiger partial charge in [0, 0.05) is 18.4 Å². The molecule has 0 aromatic carbocycles. The number of nitrogens with zero attached hydrogens (tertiary/aromatic N) is 3. The van der Waals surface area contributed by atoms with Gasteiger partial charge in [0.2, 0.25) is 5.91 Å². The van der Waals surface area contributed by atoms with Gasteiger partial charge in [-0.15, -0.1) is 0 Å². The number of hydrogen-bond acceptors (Lipinski definition) is 4. The third kappa shape index (κ3) is 4.77. The van der Waals surface area contributed by atoms with Gasteiger partial charge in [-0.25, -0.2) is 4.98 Å². The molecule has 0 bridgehead atoms. The summed E-state index contributed by atoms with van der Waals surface area (Å²) in [6.45, 7) is 7.92. The Bertz CT molecular complexity index is 655. The molecule has 0 aliphatic rings. The molecule has 6 nitrogen and oxygen atoms in total. The molecule has 0 fully saturated rings. The van der Waals surface area contributed by atoms with E-state index in [0.717, 1.165) is 5.56 Å². The van der Waals surface area contributed by atoms with Gasteiger partial charge < -0.3 is 10.6 Å². The van der Waals surface area contributed by atoms with Crippen molar-refractivity contribution in [1.29, 1.82) is 0 Å². The Balaban J connectivity index is 1.90. The zero-order valence-electron chi connectivity index (χ0n) is 13.7. The fourth-order valence-electron chi connectivity index (χ4n) is 2.18. The number of pyridine rings is 1. The van der Waals surface area contributed by atoms with E-state index in [1.165, 1.54) is 6.20 Å². The Hall–Kier alpha value is -1.92. The van der Waals surface area contributed by atoms with E-state index in [1.54, 1.807) is 12.1 Å². The van der Waals surface area contributed by atoms with Crippen LogP contribution in [0, 0.1) is 6.92 Å². The maximum atomic E-state index is 12.2. The van der Waals surface area contributed by atoms with Crippen molar-refractivity contribution in [1.82, 2.24) is 20.1 Å². The van der Waals surface area contributed by atoms with Crippen molar-refractivity contribution in [3.63, 3.8) is 0 Å². The quantitative estimate of drug-likeness (QED) is 0.851. The van der Waals surface area contributed by atoms with Crippen molar-refractivity contribution in [3.05, 3.63) is 41.3 Å². The van der Waals surface area contributed by atoms with Crippen LogP contribution in [0.3, 0.4) is 0 Å². The Morgan fingerprint density at radius 3 is 2.57 bits per heavy atom. The SMILES string of the molecule is Cc1cnn(C(C)C(C)NC(C)C(=O)Nc2ccc(Cl)cn2)c1. The highest BCUT2D eigenvalue weighted by Crippen LogP contribution is 2.12. The summed E-state index contributed by atoms with van der Waals surface area (Å²) in [6.07, 6.45) is 5.32. The van der Waals surface area contributed by atoms with Crippen LogP contribution >= 0.6 is 11.6 Å². The number of aryl methyl sites for hydroxylation is 1. The molecule has 2 aromatic rings. The Labute approximate surface area is 141 Å². The average Bonchev–Trinajstić information content (AvgIpc) is 2.95. The molecular weight excluding hydrogens is 314 g/mol. The minimum atomic E-state index is -0.360. The van der Waals surface area contributed by atoms with Crippen molar-refractivity contribution < 1.29 is 4.79 Å². The monoisotopic (exact) mass is 335 g/mol. The molecule has 0 saturated heterocycles. The third-order valence-corrected chi connectivity index (χ3v) is 3.98. The summed E-state index contributed by atoms with van der Waals surface area (Å²) < 4.78 is 1.90. The maximum absolute atomic E-state index is 12.2. The molecule has 2 aromatic heterocycles. The summed E-state index contributed by atoms with van der Waals surface area (Å²) >= 11 is 5.78. The highest BCUT2D eigenvalue weighted by Gasteiger charge is 2.20. The van der Waals surface area contributed by atoms with Gasteiger partial charge in [0.1, 0.15) is 5.82 Å². The molecule has 124 valence electrons. The zero-order chi connectivity index (χ0) is 17.0. The first kappa shape index (κ1) is 17.4. The Morgan fingerprint density at radius 2 is 2.00 bits per heavy atom. The van der Waals surface area contributed by atoms with Gasteiger partial charge in [-0.3, -0.25) is 9.48 Å². The van der Waals surface area contributed by atoms with Gasteiger partial charge in [-0.2, -0.15) is 5.10 Å². The van der Waals surface area contributed by atoms with Crippen molar-refractivity contribution in [3.8, 4) is 0 Å². The summed E-state index contributed by atoms with van der Waals surface area (Å²) in [5, 5.41) is 10.9. The van der Waals surface area contributed by atoms with Crippen LogP contribution in [0.2, 0.25) is 5.02 Å². The molecule has 3 unspecified atom stereocenters. The van der Waals surface area contributed by atoms with Crippen LogP contribution in [0.4, 0.5) is 5.82 Å². The van der Waals surface area contributed by atoms with Gasteiger partial charge in [0.05, 0.1) is 23.3 Å². The first-order valence-electron chi connectivity index (χ1n) is 7.56. The van der Waals surface area contributed by atoms with E-state index < -0.39 is 0 Å². The van der Waals surface area contributed by atoms with Gasteiger partial charge in [0.15, 0.2) is 0 Å². The molecule has 1 amide bonds. The van der Waals surface area contributed by atoms with Gasteiger partial charge in [-0.1, -0.05) is 11.6 Å². The van der Waals surface area contributed by atoms with Crippen LogP contribution in [-0.2, 0) is 4.79 Å². The molecule has 7 heteroatoms. The number of halogens is 1. The van der Waals surface area contributed by atoms with E-state index in [1.807, 2.05) is 37.8 Å². The maximum Gasteiger partial charge on any atom is 0.242 e. The topological polar surface area (TPSA) is 71.8 Å². The van der Waals surface area contributed by atoms with E-state index in [-0.39, 0.29) is 24.0 Å². The summed E-state index contributed by atoms with van der Waals surface area (Å²) in [7, 11) is 0. The van der Waals surface area contributed by atoms with Crippen molar-refractivity contribution in [2.24, 2.45) is 0 Å². The van der Waals surface area contributed by atoms with Gasteiger partial charge in [-0.05, 0) is 45.4 Å². The minimum Gasteiger partial charge on any atom is -0.309 e. The summed E-state index contributed by atoms with van der Waals surface area (Å²) in [5.41, 5.74) is 1.11. The second-order valence-corrected chi connectivity index (χ2v) is 6.20. The van der Waals surface area contributed by atoms with Crippen LogP contribution < -0.4 is 10.6 Å².